The second-order valence-electron chi connectivity index (χ2n) is 22.2. The summed E-state index contributed by atoms with van der Waals surface area (Å²) in [7, 11) is 1.50. The van der Waals surface area contributed by atoms with Crippen LogP contribution in [-0.2, 0) is 43.1 Å². The number of fused-ring (bicyclic) bond motifs is 3. The first-order valence-corrected chi connectivity index (χ1v) is 34.1. The molecule has 3 aliphatic carbocycles. The number of carbonyl (C=O) groups excluding carboxylic acids is 2. The van der Waals surface area contributed by atoms with Crippen LogP contribution >= 0.6 is 49.9 Å². The van der Waals surface area contributed by atoms with E-state index in [4.69, 9.17) is 38.8 Å². The number of rotatable bonds is 18. The molecule has 0 bridgehead atoms. The second kappa shape index (κ2) is 37.6. The van der Waals surface area contributed by atoms with Crippen LogP contribution in [0.2, 0.25) is 0 Å². The first-order valence-electron chi connectivity index (χ1n) is 30.7. The van der Waals surface area contributed by atoms with Gasteiger partial charge in [-0.1, -0.05) is 125 Å². The Labute approximate surface area is 599 Å². The average molecular weight is 1400 g/mol. The topological polar surface area (TPSA) is 188 Å². The Bertz CT molecular complexity index is 4130. The van der Waals surface area contributed by atoms with Crippen molar-refractivity contribution in [3.8, 4) is 73.7 Å². The molecule has 0 aliphatic heterocycles. The van der Waals surface area contributed by atoms with Crippen LogP contribution in [-0.4, -0.2) is 59.9 Å². The van der Waals surface area contributed by atoms with Gasteiger partial charge in [-0.2, -0.15) is 11.3 Å². The van der Waals surface area contributed by atoms with Crippen LogP contribution in [0.4, 0.5) is 0 Å². The van der Waals surface area contributed by atoms with E-state index in [-0.39, 0.29) is 102 Å². The van der Waals surface area contributed by atoms with Crippen LogP contribution in [0.25, 0.3) is 20.9 Å². The van der Waals surface area contributed by atoms with Crippen LogP contribution in [0.5, 0.6) is 17.2 Å². The van der Waals surface area contributed by atoms with E-state index in [1.165, 1.54) is 79.8 Å². The molecule has 0 amide bonds. The van der Waals surface area contributed by atoms with Gasteiger partial charge in [0.15, 0.2) is 0 Å². The van der Waals surface area contributed by atoms with Crippen molar-refractivity contribution in [3.05, 3.63) is 234 Å². The Kier molecular flexibility index (Phi) is 29.6. The quantitative estimate of drug-likeness (QED) is 0.0420. The molecular weight excluding hydrogens is 1330 g/mol. The molecular formula is C77H73BBrNaO12S3. The summed E-state index contributed by atoms with van der Waals surface area (Å²) < 4.78 is 30.0. The molecule has 0 fully saturated rings. The van der Waals surface area contributed by atoms with Crippen LogP contribution in [0.15, 0.2) is 184 Å². The van der Waals surface area contributed by atoms with Crippen molar-refractivity contribution in [2.24, 2.45) is 0 Å². The van der Waals surface area contributed by atoms with Crippen LogP contribution < -0.4 is 48.5 Å². The first kappa shape index (κ1) is 74.7. The number of carboxylic acids is 1. The number of halogens is 1. The summed E-state index contributed by atoms with van der Waals surface area (Å²) in [6.45, 7) is 5.29. The molecule has 0 saturated heterocycles. The monoisotopic (exact) mass is 1400 g/mol. The normalized spacial score (nSPS) is 15.0. The largest absolute Gasteiger partial charge is 1.00 e. The second-order valence-corrected chi connectivity index (χ2v) is 25.9. The maximum atomic E-state index is 11.7. The Hall–Kier alpha value is -7.67. The van der Waals surface area contributed by atoms with Gasteiger partial charge in [-0.05, 0) is 209 Å². The Morgan fingerprint density at radius 1 is 0.505 bits per heavy atom. The van der Waals surface area contributed by atoms with Crippen LogP contribution in [0.1, 0.15) is 145 Å². The number of aliphatic carboxylic acids is 1. The van der Waals surface area contributed by atoms with Gasteiger partial charge >= 0.3 is 54.6 Å². The molecule has 6 atom stereocenters. The molecule has 0 radical (unpaired) electrons. The minimum absolute atomic E-state index is 0. The zero-order valence-electron chi connectivity index (χ0n) is 53.9. The van der Waals surface area contributed by atoms with Crippen molar-refractivity contribution in [1.29, 1.82) is 0 Å². The standard InChI is InChI=1S/C26H24O3S.C25H22O3S.C22H21BrO3.C4H5BO2S.Na.H2O/c1-3-5-19(17-26(27)28-2)18-7-11-22(12-8-18)29-24-14-10-20-16-21(9-13-23(20)24)25-6-4-15-30-25;1-2-4-18(16-25(26)27)17-6-10-21(11-7-17)28-23-13-9-19-15-20(8-12-22(19)23)24-5-3-14-29-24;1-3-4-16(14-22(24)25-2)15-5-9-19(10-6-15)26-21-12-7-17-13-18(23)8-11-20(17)21;6-5(7)4-2-1-3-8-4;;/h4,6-9,11-13,15-16,19,24H,10,14,17H2,1-2H3;3,5-8,10-12,14-15,18,23H,9,13,16H2,1H3,(H,26,27);5-6,8-11,13,16,21H,7,12,14H2,1-2H3;1-3,6-7H;;1H2/q;;;;+1;/p-1/t19-,24?;18-,23?;16-,21?;;;/m000.../s1. The third-order valence-corrected chi connectivity index (χ3v) is 19.3. The maximum absolute atomic E-state index is 11.7. The van der Waals surface area contributed by atoms with E-state index >= 15 is 0 Å². The van der Waals surface area contributed by atoms with E-state index in [0.29, 0.717) is 4.78 Å². The Morgan fingerprint density at radius 2 is 0.863 bits per heavy atom. The van der Waals surface area contributed by atoms with E-state index in [1.54, 1.807) is 61.0 Å². The predicted octanol–water partition coefficient (Wildman–Crippen LogP) is 13.7. The van der Waals surface area contributed by atoms with E-state index in [0.717, 1.165) is 76.9 Å². The molecule has 3 aliphatic rings. The maximum Gasteiger partial charge on any atom is 1.00 e. The summed E-state index contributed by atoms with van der Waals surface area (Å²) in [4.78, 5) is 36.9. The predicted molar refractivity (Wildman–Crippen MR) is 378 cm³/mol. The van der Waals surface area contributed by atoms with Gasteiger partial charge < -0.3 is 44.3 Å². The van der Waals surface area contributed by atoms with E-state index in [2.05, 4.69) is 141 Å². The molecule has 9 aromatic rings. The van der Waals surface area contributed by atoms with E-state index < -0.39 is 13.1 Å². The number of carbonyl (C=O) groups is 3. The molecule has 12 rings (SSSR count). The number of esters is 2. The Morgan fingerprint density at radius 3 is 1.18 bits per heavy atom. The molecule has 0 spiro atoms. The summed E-state index contributed by atoms with van der Waals surface area (Å²) in [5.74, 6) is 18.3. The van der Waals surface area contributed by atoms with E-state index in [9.17, 15) is 14.4 Å². The minimum atomic E-state index is -1.30. The summed E-state index contributed by atoms with van der Waals surface area (Å²) in [5.41, 5.74) is 13.3. The fourth-order valence-corrected chi connectivity index (χ4v) is 13.9. The number of methoxy groups -OCH3 is 2. The zero-order valence-corrected chi connectivity index (χ0v) is 59.9. The molecule has 3 heterocycles. The van der Waals surface area contributed by atoms with Gasteiger partial charge in [0, 0.05) is 19.0 Å². The van der Waals surface area contributed by atoms with Gasteiger partial charge in [0.25, 0.3) is 0 Å². The first-order chi connectivity index (χ1) is 45.2. The van der Waals surface area contributed by atoms with Crippen molar-refractivity contribution in [2.45, 2.75) is 115 Å². The number of hydrogen-bond acceptors (Lipinski definition) is 14. The molecule has 4 N–H and O–H groups in total. The fraction of sp³-hybridized carbons (Fsp3) is 0.260. The van der Waals surface area contributed by atoms with Crippen molar-refractivity contribution in [2.75, 3.05) is 14.2 Å². The van der Waals surface area contributed by atoms with Gasteiger partial charge in [0.2, 0.25) is 0 Å². The van der Waals surface area contributed by atoms with Crippen molar-refractivity contribution in [1.82, 2.24) is 0 Å². The molecule has 3 unspecified atom stereocenters. The van der Waals surface area contributed by atoms with Crippen LogP contribution in [0.3, 0.4) is 0 Å². The number of ether oxygens (including phenoxy) is 5. The molecule has 12 nitrogen and oxygen atoms in total. The molecule has 6 aromatic carbocycles. The third kappa shape index (κ3) is 21.2. The number of hydrogen-bond donors (Lipinski definition) is 3. The van der Waals surface area contributed by atoms with Gasteiger partial charge in [0.1, 0.15) is 35.6 Å². The summed E-state index contributed by atoms with van der Waals surface area (Å²) >= 11 is 8.38. The number of aryl methyl sites for hydroxylation is 3. The molecule has 3 aromatic heterocycles. The minimum Gasteiger partial charge on any atom is -0.870 e. The molecule has 0 saturated carbocycles. The van der Waals surface area contributed by atoms with Gasteiger partial charge in [0.05, 0.1) is 51.2 Å². The number of benzene rings is 6. The number of thiophene rings is 3. The SMILES string of the molecule is CC#C[C@@H](CC(=O)O)c1ccc(OC2CCc3cc(-c4cccs4)ccc32)cc1.CC#C[C@@H](CC(=O)OC)c1ccc(OC2CCc3cc(-c4cccs4)ccc32)cc1.CC#C[C@@H](CC(=O)OC)c1ccc(OC2CCc3cc(Br)ccc32)cc1.OB(O)c1cccs1.[Na+].[OH-]. The zero-order chi connectivity index (χ0) is 65.6. The fourth-order valence-electron chi connectivity index (χ4n) is 11.5. The van der Waals surface area contributed by atoms with Crippen molar-refractivity contribution >= 4 is 79.7 Å². The van der Waals surface area contributed by atoms with Gasteiger partial charge in [-0.15, -0.1) is 40.4 Å². The van der Waals surface area contributed by atoms with Crippen molar-refractivity contribution < 1.29 is 88.3 Å². The molecule has 18 heteroatoms. The third-order valence-electron chi connectivity index (χ3n) is 16.1. The van der Waals surface area contributed by atoms with Crippen molar-refractivity contribution in [3.63, 3.8) is 0 Å². The summed E-state index contributed by atoms with van der Waals surface area (Å²) in [5, 5.41) is 32.1. The van der Waals surface area contributed by atoms with Crippen LogP contribution in [0, 0.1) is 35.5 Å². The summed E-state index contributed by atoms with van der Waals surface area (Å²) in [6, 6.07) is 55.1. The smallest absolute Gasteiger partial charge is 0.870 e. The average Bonchev–Trinajstić information content (AvgIpc) is 1.70. The Balaban J connectivity index is 0.000000188. The molecule has 482 valence electrons. The van der Waals surface area contributed by atoms with Gasteiger partial charge in [-0.3, -0.25) is 14.4 Å². The molecule has 95 heavy (non-hydrogen) atoms. The van der Waals surface area contributed by atoms with E-state index in [1.807, 2.05) is 72.8 Å². The summed E-state index contributed by atoms with van der Waals surface area (Å²) in [6.07, 6.45) is 6.74. The van der Waals surface area contributed by atoms with Gasteiger partial charge in [-0.25, -0.2) is 0 Å². The number of carboxylic acid groups (broad SMARTS) is 1.